The molecule has 0 saturated carbocycles. The minimum Gasteiger partial charge on any atom is -0.490 e. The van der Waals surface area contributed by atoms with Crippen molar-refractivity contribution in [1.82, 2.24) is 10.2 Å². The van der Waals surface area contributed by atoms with Crippen molar-refractivity contribution in [3.05, 3.63) is 26.6 Å². The molecule has 2 rings (SSSR count). The molecular formula is C15H22Br2N2O2. The number of rotatable bonds is 7. The lowest BCUT2D eigenvalue weighted by atomic mass is 10.2. The molecule has 1 aromatic carbocycles. The maximum absolute atomic E-state index is 5.93. The van der Waals surface area contributed by atoms with Gasteiger partial charge in [-0.05, 0) is 56.1 Å². The van der Waals surface area contributed by atoms with Crippen LogP contribution in [0.25, 0.3) is 0 Å². The minimum absolute atomic E-state index is 0.684. The van der Waals surface area contributed by atoms with Gasteiger partial charge in [0.25, 0.3) is 0 Å². The Morgan fingerprint density at radius 3 is 2.52 bits per heavy atom. The fraction of sp³-hybridized carbons (Fsp3) is 0.600. The lowest BCUT2D eigenvalue weighted by Crippen LogP contribution is -2.38. The van der Waals surface area contributed by atoms with E-state index in [9.17, 15) is 0 Å². The molecule has 0 unspecified atom stereocenters. The molecule has 6 heteroatoms. The molecule has 0 radical (unpaired) electrons. The molecular weight excluding hydrogens is 400 g/mol. The molecule has 118 valence electrons. The van der Waals surface area contributed by atoms with Crippen LogP contribution in [0.1, 0.15) is 12.5 Å². The predicted molar refractivity (Wildman–Crippen MR) is 92.0 cm³/mol. The van der Waals surface area contributed by atoms with Gasteiger partial charge in [-0.3, -0.25) is 4.90 Å². The van der Waals surface area contributed by atoms with E-state index in [4.69, 9.17) is 9.47 Å². The van der Waals surface area contributed by atoms with Gasteiger partial charge in [-0.1, -0.05) is 6.92 Å². The number of ether oxygens (including phenoxy) is 2. The SMILES string of the molecule is CCNCc1cc(Br)c(OCCN2CCOCC2)c(Br)c1. The van der Waals surface area contributed by atoms with E-state index in [-0.39, 0.29) is 0 Å². The second-order valence-electron chi connectivity index (χ2n) is 4.97. The molecule has 1 aliphatic rings. The lowest BCUT2D eigenvalue weighted by molar-refractivity contribution is 0.0321. The van der Waals surface area contributed by atoms with Gasteiger partial charge in [0.15, 0.2) is 0 Å². The number of nitrogens with one attached hydrogen (secondary N) is 1. The third-order valence-corrected chi connectivity index (χ3v) is 4.57. The molecule has 1 aliphatic heterocycles. The van der Waals surface area contributed by atoms with E-state index < -0.39 is 0 Å². The van der Waals surface area contributed by atoms with E-state index in [2.05, 4.69) is 61.1 Å². The number of halogens is 2. The summed E-state index contributed by atoms with van der Waals surface area (Å²) in [5.41, 5.74) is 1.23. The van der Waals surface area contributed by atoms with Crippen molar-refractivity contribution >= 4 is 31.9 Å². The Morgan fingerprint density at radius 2 is 1.90 bits per heavy atom. The highest BCUT2D eigenvalue weighted by molar-refractivity contribution is 9.11. The molecule has 1 N–H and O–H groups in total. The molecule has 0 spiro atoms. The normalized spacial score (nSPS) is 16.1. The monoisotopic (exact) mass is 420 g/mol. The van der Waals surface area contributed by atoms with Crippen molar-refractivity contribution < 1.29 is 9.47 Å². The first-order valence-corrected chi connectivity index (χ1v) is 8.91. The van der Waals surface area contributed by atoms with Crippen LogP contribution in [0, 0.1) is 0 Å². The molecule has 1 fully saturated rings. The summed E-state index contributed by atoms with van der Waals surface area (Å²) in [6.45, 7) is 9.19. The van der Waals surface area contributed by atoms with Crippen LogP contribution in [0.15, 0.2) is 21.1 Å². The van der Waals surface area contributed by atoms with Crippen LogP contribution in [0.5, 0.6) is 5.75 Å². The quantitative estimate of drug-likeness (QED) is 0.733. The summed E-state index contributed by atoms with van der Waals surface area (Å²) in [7, 11) is 0. The smallest absolute Gasteiger partial charge is 0.147 e. The van der Waals surface area contributed by atoms with E-state index in [0.717, 1.165) is 60.6 Å². The largest absolute Gasteiger partial charge is 0.490 e. The molecule has 1 aromatic rings. The number of nitrogens with zero attached hydrogens (tertiary/aromatic N) is 1. The summed E-state index contributed by atoms with van der Waals surface area (Å²) in [6.07, 6.45) is 0. The van der Waals surface area contributed by atoms with Crippen molar-refractivity contribution in [1.29, 1.82) is 0 Å². The fourth-order valence-electron chi connectivity index (χ4n) is 2.22. The standard InChI is InChI=1S/C15H22Br2N2O2/c1-2-18-11-12-9-13(16)15(14(17)10-12)21-8-5-19-3-6-20-7-4-19/h9-10,18H,2-8,11H2,1H3. The summed E-state index contributed by atoms with van der Waals surface area (Å²) >= 11 is 7.20. The van der Waals surface area contributed by atoms with Crippen LogP contribution in [0.4, 0.5) is 0 Å². The Morgan fingerprint density at radius 1 is 1.24 bits per heavy atom. The van der Waals surface area contributed by atoms with Gasteiger partial charge in [-0.15, -0.1) is 0 Å². The first kappa shape index (κ1) is 17.2. The van der Waals surface area contributed by atoms with Gasteiger partial charge >= 0.3 is 0 Å². The molecule has 0 amide bonds. The summed E-state index contributed by atoms with van der Waals surface area (Å²) in [5, 5.41) is 3.32. The van der Waals surface area contributed by atoms with E-state index in [1.54, 1.807) is 0 Å². The molecule has 21 heavy (non-hydrogen) atoms. The Bertz CT molecular complexity index is 428. The first-order valence-electron chi connectivity index (χ1n) is 7.32. The molecule has 0 bridgehead atoms. The molecule has 0 atom stereocenters. The van der Waals surface area contributed by atoms with Gasteiger partial charge in [0.05, 0.1) is 22.2 Å². The van der Waals surface area contributed by atoms with Crippen molar-refractivity contribution in [3.8, 4) is 5.75 Å². The second kappa shape index (κ2) is 9.10. The summed E-state index contributed by atoms with van der Waals surface area (Å²) < 4.78 is 13.3. The van der Waals surface area contributed by atoms with E-state index in [1.807, 2.05) is 0 Å². The van der Waals surface area contributed by atoms with E-state index in [1.165, 1.54) is 5.56 Å². The molecule has 1 heterocycles. The summed E-state index contributed by atoms with van der Waals surface area (Å²) in [5.74, 6) is 0.878. The third-order valence-electron chi connectivity index (χ3n) is 3.39. The average molecular weight is 422 g/mol. The fourth-order valence-corrected chi connectivity index (χ4v) is 3.73. The highest BCUT2D eigenvalue weighted by Crippen LogP contribution is 2.34. The van der Waals surface area contributed by atoms with Gasteiger partial charge < -0.3 is 14.8 Å². The molecule has 0 aromatic heterocycles. The summed E-state index contributed by atoms with van der Waals surface area (Å²) in [4.78, 5) is 2.37. The van der Waals surface area contributed by atoms with Crippen molar-refractivity contribution in [2.24, 2.45) is 0 Å². The van der Waals surface area contributed by atoms with Crippen LogP contribution in [0.3, 0.4) is 0 Å². The Labute approximate surface area is 143 Å². The van der Waals surface area contributed by atoms with Crippen molar-refractivity contribution in [3.63, 3.8) is 0 Å². The number of morpholine rings is 1. The lowest BCUT2D eigenvalue weighted by Gasteiger charge is -2.26. The van der Waals surface area contributed by atoms with Gasteiger partial charge in [0, 0.05) is 26.2 Å². The van der Waals surface area contributed by atoms with Crippen molar-refractivity contribution in [2.75, 3.05) is 46.0 Å². The zero-order valence-corrected chi connectivity index (χ0v) is 15.5. The van der Waals surface area contributed by atoms with Gasteiger partial charge in [0.2, 0.25) is 0 Å². The Balaban J connectivity index is 1.87. The van der Waals surface area contributed by atoms with Crippen molar-refractivity contribution in [2.45, 2.75) is 13.5 Å². The zero-order chi connectivity index (χ0) is 15.1. The molecule has 4 nitrogen and oxygen atoms in total. The topological polar surface area (TPSA) is 33.7 Å². The number of benzene rings is 1. The highest BCUT2D eigenvalue weighted by atomic mass is 79.9. The predicted octanol–water partition coefficient (Wildman–Crippen LogP) is 3.03. The van der Waals surface area contributed by atoms with Crippen LogP contribution >= 0.6 is 31.9 Å². The zero-order valence-electron chi connectivity index (χ0n) is 12.3. The Hall–Kier alpha value is -0.140. The Kier molecular flexibility index (Phi) is 7.46. The second-order valence-corrected chi connectivity index (χ2v) is 6.68. The highest BCUT2D eigenvalue weighted by Gasteiger charge is 2.12. The molecule has 1 saturated heterocycles. The molecule has 0 aliphatic carbocycles. The third kappa shape index (κ3) is 5.53. The van der Waals surface area contributed by atoms with Crippen LogP contribution < -0.4 is 10.1 Å². The first-order chi connectivity index (χ1) is 10.2. The maximum Gasteiger partial charge on any atom is 0.147 e. The number of hydrogen-bond donors (Lipinski definition) is 1. The van der Waals surface area contributed by atoms with E-state index in [0.29, 0.717) is 6.61 Å². The van der Waals surface area contributed by atoms with Crippen LogP contribution in [-0.2, 0) is 11.3 Å². The minimum atomic E-state index is 0.684. The van der Waals surface area contributed by atoms with Gasteiger partial charge in [0.1, 0.15) is 12.4 Å². The summed E-state index contributed by atoms with van der Waals surface area (Å²) in [6, 6.07) is 4.22. The average Bonchev–Trinajstić information content (AvgIpc) is 2.49. The van der Waals surface area contributed by atoms with Crippen LogP contribution in [-0.4, -0.2) is 50.9 Å². The van der Waals surface area contributed by atoms with Gasteiger partial charge in [-0.2, -0.15) is 0 Å². The van der Waals surface area contributed by atoms with E-state index >= 15 is 0 Å². The maximum atomic E-state index is 5.93. The number of hydrogen-bond acceptors (Lipinski definition) is 4. The van der Waals surface area contributed by atoms with Crippen LogP contribution in [0.2, 0.25) is 0 Å². The van der Waals surface area contributed by atoms with Gasteiger partial charge in [-0.25, -0.2) is 0 Å².